The average molecular weight is 476 g/mol. The number of nitrogens with two attached hydrogens (primary N) is 1. The zero-order valence-electron chi connectivity index (χ0n) is 21.0. The summed E-state index contributed by atoms with van der Waals surface area (Å²) in [5, 5.41) is 2.32. The van der Waals surface area contributed by atoms with Crippen molar-refractivity contribution in [3.63, 3.8) is 0 Å². The molecule has 9 heteroatoms. The Bertz CT molecular complexity index is 930. The molecule has 188 valence electrons. The molecule has 1 aromatic carbocycles. The van der Waals surface area contributed by atoms with Crippen molar-refractivity contribution in [2.75, 3.05) is 13.1 Å². The summed E-state index contributed by atoms with van der Waals surface area (Å²) in [5.41, 5.74) is 6.24. The lowest BCUT2D eigenvalue weighted by Gasteiger charge is -2.28. The number of nitrogens with zero attached hydrogens (tertiary/aromatic N) is 1. The van der Waals surface area contributed by atoms with Crippen molar-refractivity contribution in [1.29, 1.82) is 0 Å². The number of hydrogen-bond acceptors (Lipinski definition) is 7. The first-order valence-corrected chi connectivity index (χ1v) is 11.6. The fraction of sp³-hybridized carbons (Fsp3) is 0.600. The van der Waals surface area contributed by atoms with Crippen LogP contribution in [0.1, 0.15) is 87.1 Å². The lowest BCUT2D eigenvalue weighted by atomic mass is 9.99. The second kappa shape index (κ2) is 11.0. The van der Waals surface area contributed by atoms with Gasteiger partial charge in [0.05, 0.1) is 11.1 Å². The highest BCUT2D eigenvalue weighted by atomic mass is 16.6. The average Bonchev–Trinajstić information content (AvgIpc) is 2.98. The number of fused-ring (bicyclic) bond motifs is 1. The van der Waals surface area contributed by atoms with Gasteiger partial charge in [-0.15, -0.1) is 0 Å². The van der Waals surface area contributed by atoms with Crippen LogP contribution in [-0.4, -0.2) is 59.1 Å². The Labute approximate surface area is 201 Å². The Balaban J connectivity index is 1.98. The van der Waals surface area contributed by atoms with Gasteiger partial charge in [-0.1, -0.05) is 12.1 Å². The predicted molar refractivity (Wildman–Crippen MR) is 127 cm³/mol. The third-order valence-corrected chi connectivity index (χ3v) is 5.03. The third kappa shape index (κ3) is 8.13. The number of carbonyl (C=O) groups is 4. The van der Waals surface area contributed by atoms with E-state index in [-0.39, 0.29) is 0 Å². The highest BCUT2D eigenvalue weighted by molar-refractivity contribution is 6.22. The predicted octanol–water partition coefficient (Wildman–Crippen LogP) is 3.19. The summed E-state index contributed by atoms with van der Waals surface area (Å²) >= 11 is 0. The fourth-order valence-electron chi connectivity index (χ4n) is 3.58. The highest BCUT2D eigenvalue weighted by Crippen LogP contribution is 2.22. The molecule has 0 radical (unpaired) electrons. The molecule has 2 rings (SSSR count). The van der Waals surface area contributed by atoms with Gasteiger partial charge in [-0.3, -0.25) is 19.7 Å². The van der Waals surface area contributed by atoms with Gasteiger partial charge in [0.25, 0.3) is 11.8 Å². The molecule has 0 fully saturated rings. The molecule has 0 spiro atoms. The summed E-state index contributed by atoms with van der Waals surface area (Å²) in [6, 6.07) is 4.41. The number of benzene rings is 1. The van der Waals surface area contributed by atoms with Crippen LogP contribution in [0.2, 0.25) is 0 Å². The second-order valence-electron chi connectivity index (χ2n) is 10.5. The lowest BCUT2D eigenvalue weighted by Crippen LogP contribution is -2.40. The summed E-state index contributed by atoms with van der Waals surface area (Å²) < 4.78 is 10.8. The van der Waals surface area contributed by atoms with Crippen molar-refractivity contribution in [1.82, 2.24) is 10.2 Å². The summed E-state index contributed by atoms with van der Waals surface area (Å²) in [5.74, 6) is -1.25. The fourth-order valence-corrected chi connectivity index (χ4v) is 3.58. The van der Waals surface area contributed by atoms with Crippen LogP contribution in [-0.2, 0) is 20.7 Å². The smallest absolute Gasteiger partial charge is 0.410 e. The summed E-state index contributed by atoms with van der Waals surface area (Å²) in [6.45, 7) is 11.5. The zero-order valence-corrected chi connectivity index (χ0v) is 21.0. The third-order valence-electron chi connectivity index (χ3n) is 5.03. The van der Waals surface area contributed by atoms with Crippen molar-refractivity contribution < 1.29 is 28.7 Å². The van der Waals surface area contributed by atoms with E-state index >= 15 is 0 Å². The van der Waals surface area contributed by atoms with E-state index in [2.05, 4.69) is 5.32 Å². The number of aryl methyl sites for hydroxylation is 1. The molecule has 3 N–H and O–H groups in total. The number of rotatable bonds is 9. The van der Waals surface area contributed by atoms with E-state index < -0.39 is 41.1 Å². The molecule has 0 aromatic heterocycles. The zero-order chi connectivity index (χ0) is 25.7. The van der Waals surface area contributed by atoms with Crippen molar-refractivity contribution in [2.24, 2.45) is 5.73 Å². The topological polar surface area (TPSA) is 128 Å². The van der Waals surface area contributed by atoms with Gasteiger partial charge < -0.3 is 20.1 Å². The van der Waals surface area contributed by atoms with Gasteiger partial charge >= 0.3 is 12.1 Å². The molecule has 1 aliphatic rings. The van der Waals surface area contributed by atoms with Crippen LogP contribution >= 0.6 is 0 Å². The van der Waals surface area contributed by atoms with Gasteiger partial charge in [0.1, 0.15) is 17.2 Å². The molecular formula is C25H37N3O6. The maximum absolute atomic E-state index is 12.8. The Morgan fingerprint density at radius 2 is 1.59 bits per heavy atom. The molecule has 1 unspecified atom stereocenters. The first-order valence-electron chi connectivity index (χ1n) is 11.6. The number of imide groups is 1. The van der Waals surface area contributed by atoms with Crippen LogP contribution in [0, 0.1) is 0 Å². The molecule has 1 atom stereocenters. The van der Waals surface area contributed by atoms with Crippen molar-refractivity contribution in [3.05, 3.63) is 34.9 Å². The van der Waals surface area contributed by atoms with Crippen LogP contribution in [0.4, 0.5) is 4.79 Å². The Morgan fingerprint density at radius 3 is 2.21 bits per heavy atom. The van der Waals surface area contributed by atoms with Crippen molar-refractivity contribution in [2.45, 2.75) is 84.5 Å². The van der Waals surface area contributed by atoms with Crippen LogP contribution in [0.5, 0.6) is 0 Å². The molecule has 0 saturated carbocycles. The molecule has 1 aromatic rings. The van der Waals surface area contributed by atoms with E-state index in [1.807, 2.05) is 6.07 Å². The van der Waals surface area contributed by atoms with Gasteiger partial charge in [-0.05, 0) is 78.9 Å². The Hall–Kier alpha value is -2.94. The van der Waals surface area contributed by atoms with Crippen molar-refractivity contribution in [3.8, 4) is 0 Å². The molecule has 0 aliphatic carbocycles. The Kier molecular flexibility index (Phi) is 8.83. The highest BCUT2D eigenvalue weighted by Gasteiger charge is 2.29. The quantitative estimate of drug-likeness (QED) is 0.415. The largest absolute Gasteiger partial charge is 0.459 e. The standard InChI is InChI=1S/C25H37N3O6/c1-24(2,3)33-22(31)18(26)13-9-15-28(23(32)34-25(4,5)6)14-8-11-16-10-7-12-17-19(16)21(30)27-20(17)29/h7,10,12,18H,8-9,11,13-15,26H2,1-6H3,(H,27,29,30). The van der Waals surface area contributed by atoms with E-state index in [0.717, 1.165) is 5.56 Å². The van der Waals surface area contributed by atoms with Gasteiger partial charge in [0.15, 0.2) is 0 Å². The van der Waals surface area contributed by atoms with E-state index in [0.29, 0.717) is 49.9 Å². The number of ether oxygens (including phenoxy) is 2. The van der Waals surface area contributed by atoms with Gasteiger partial charge in [0, 0.05) is 13.1 Å². The first-order chi connectivity index (χ1) is 15.7. The van der Waals surface area contributed by atoms with Crippen LogP contribution in [0.15, 0.2) is 18.2 Å². The first kappa shape index (κ1) is 27.3. The van der Waals surface area contributed by atoms with Crippen LogP contribution < -0.4 is 11.1 Å². The molecule has 0 saturated heterocycles. The second-order valence-corrected chi connectivity index (χ2v) is 10.5. The monoisotopic (exact) mass is 475 g/mol. The van der Waals surface area contributed by atoms with Gasteiger partial charge in [-0.25, -0.2) is 4.79 Å². The summed E-state index contributed by atoms with van der Waals surface area (Å²) in [4.78, 5) is 50.5. The minimum absolute atomic E-state index is 0.358. The maximum Gasteiger partial charge on any atom is 0.410 e. The minimum atomic E-state index is -0.775. The maximum atomic E-state index is 12.8. The molecule has 34 heavy (non-hydrogen) atoms. The normalized spacial score (nSPS) is 14.3. The van der Waals surface area contributed by atoms with Crippen LogP contribution in [0.3, 0.4) is 0 Å². The molecular weight excluding hydrogens is 438 g/mol. The molecule has 0 bridgehead atoms. The number of carbonyl (C=O) groups excluding carboxylic acids is 4. The number of esters is 1. The lowest BCUT2D eigenvalue weighted by molar-refractivity contribution is -0.156. The Morgan fingerprint density at radius 1 is 0.971 bits per heavy atom. The minimum Gasteiger partial charge on any atom is -0.459 e. The van der Waals surface area contributed by atoms with Gasteiger partial charge in [0.2, 0.25) is 0 Å². The number of amides is 3. The van der Waals surface area contributed by atoms with Crippen molar-refractivity contribution >= 4 is 23.9 Å². The van der Waals surface area contributed by atoms with Gasteiger partial charge in [-0.2, -0.15) is 0 Å². The van der Waals surface area contributed by atoms with E-state index in [9.17, 15) is 19.2 Å². The number of nitrogens with one attached hydrogen (secondary N) is 1. The summed E-state index contributed by atoms with van der Waals surface area (Å²) in [6.07, 6.45) is 1.49. The molecule has 3 amide bonds. The van der Waals surface area contributed by atoms with E-state index in [4.69, 9.17) is 15.2 Å². The number of hydrogen-bond donors (Lipinski definition) is 2. The van der Waals surface area contributed by atoms with E-state index in [1.54, 1.807) is 58.6 Å². The summed E-state index contributed by atoms with van der Waals surface area (Å²) in [7, 11) is 0. The van der Waals surface area contributed by atoms with Crippen LogP contribution in [0.25, 0.3) is 0 Å². The molecule has 1 heterocycles. The van der Waals surface area contributed by atoms with E-state index in [1.165, 1.54) is 0 Å². The SMILES string of the molecule is CC(C)(C)OC(=O)C(N)CCCN(CCCc1cccc2c1C(=O)NC2=O)C(=O)OC(C)(C)C. The molecule has 9 nitrogen and oxygen atoms in total. The molecule has 1 aliphatic heterocycles.